The van der Waals surface area contributed by atoms with Gasteiger partial charge in [0, 0.05) is 11.0 Å². The molecule has 24 heavy (non-hydrogen) atoms. The molecule has 0 heterocycles. The van der Waals surface area contributed by atoms with Crippen LogP contribution in [0.4, 0.5) is 0 Å². The Bertz CT molecular complexity index is 562. The van der Waals surface area contributed by atoms with E-state index in [1.54, 1.807) is 12.1 Å². The number of carbonyl (C=O) groups is 2. The van der Waals surface area contributed by atoms with E-state index < -0.39 is 5.97 Å². The number of ether oxygens (including phenoxy) is 3. The third-order valence-electron chi connectivity index (χ3n) is 2.98. The molecule has 0 saturated carbocycles. The highest BCUT2D eigenvalue weighted by atomic mass is 79.9. The molecule has 0 spiro atoms. The van der Waals surface area contributed by atoms with Gasteiger partial charge in [0.2, 0.25) is 0 Å². The molecule has 0 radical (unpaired) electrons. The molecule has 0 fully saturated rings. The van der Waals surface area contributed by atoms with Crippen LogP contribution < -0.4 is 14.8 Å². The third kappa shape index (κ3) is 6.78. The van der Waals surface area contributed by atoms with Crippen molar-refractivity contribution in [3.8, 4) is 11.5 Å². The summed E-state index contributed by atoms with van der Waals surface area (Å²) < 4.78 is 16.8. The first-order valence-corrected chi connectivity index (χ1v) is 8.81. The van der Waals surface area contributed by atoms with Crippen molar-refractivity contribution in [2.75, 3.05) is 26.4 Å². The van der Waals surface area contributed by atoms with Gasteiger partial charge in [0.1, 0.15) is 0 Å². The van der Waals surface area contributed by atoms with Crippen molar-refractivity contribution < 1.29 is 23.8 Å². The molecule has 0 atom stereocenters. The van der Waals surface area contributed by atoms with Crippen molar-refractivity contribution in [3.63, 3.8) is 0 Å². The molecule has 0 aliphatic heterocycles. The molecule has 1 rings (SSSR count). The second-order valence-electron chi connectivity index (χ2n) is 4.94. The molecule has 1 aromatic rings. The lowest BCUT2D eigenvalue weighted by Gasteiger charge is -2.14. The molecule has 0 unspecified atom stereocenters. The number of hydrogen-bond donors (Lipinski definition) is 1. The summed E-state index contributed by atoms with van der Waals surface area (Å²) in [5.74, 6) is 0.410. The van der Waals surface area contributed by atoms with Gasteiger partial charge < -0.3 is 19.5 Å². The third-order valence-corrected chi connectivity index (χ3v) is 3.72. The fourth-order valence-corrected chi connectivity index (χ4v) is 2.38. The predicted octanol–water partition coefficient (Wildman–Crippen LogP) is 2.86. The van der Waals surface area contributed by atoms with E-state index in [9.17, 15) is 9.59 Å². The van der Waals surface area contributed by atoms with Gasteiger partial charge >= 0.3 is 5.97 Å². The number of halogens is 1. The predicted molar refractivity (Wildman–Crippen MR) is 94.4 cm³/mol. The van der Waals surface area contributed by atoms with E-state index in [0.29, 0.717) is 36.8 Å². The Morgan fingerprint density at radius 1 is 1.08 bits per heavy atom. The van der Waals surface area contributed by atoms with Gasteiger partial charge in [-0.1, -0.05) is 22.9 Å². The summed E-state index contributed by atoms with van der Waals surface area (Å²) in [4.78, 5) is 23.4. The van der Waals surface area contributed by atoms with Crippen LogP contribution in [0.25, 0.3) is 0 Å². The Kier molecular flexibility index (Phi) is 9.22. The quantitative estimate of drug-likeness (QED) is 0.610. The van der Waals surface area contributed by atoms with Gasteiger partial charge in [0.25, 0.3) is 5.91 Å². The summed E-state index contributed by atoms with van der Waals surface area (Å²) >= 11 is 3.42. The van der Waals surface area contributed by atoms with Crippen LogP contribution in [0, 0.1) is 0 Å². The van der Waals surface area contributed by atoms with Gasteiger partial charge in [0.15, 0.2) is 18.1 Å². The Morgan fingerprint density at radius 3 is 2.29 bits per heavy atom. The van der Waals surface area contributed by atoms with Gasteiger partial charge in [-0.2, -0.15) is 0 Å². The van der Waals surface area contributed by atoms with Crippen molar-refractivity contribution in [1.29, 1.82) is 0 Å². The van der Waals surface area contributed by atoms with E-state index in [2.05, 4.69) is 21.2 Å². The van der Waals surface area contributed by atoms with Gasteiger partial charge in [-0.15, -0.1) is 0 Å². The summed E-state index contributed by atoms with van der Waals surface area (Å²) in [6.07, 6.45) is 0.868. The maximum Gasteiger partial charge on any atom is 0.310 e. The van der Waals surface area contributed by atoms with Crippen LogP contribution in [-0.4, -0.2) is 38.2 Å². The molecule has 0 aliphatic rings. The molecule has 6 nitrogen and oxygen atoms in total. The van der Waals surface area contributed by atoms with Gasteiger partial charge in [-0.05, 0) is 38.0 Å². The van der Waals surface area contributed by atoms with Crippen LogP contribution in [0.2, 0.25) is 0 Å². The first-order valence-electron chi connectivity index (χ1n) is 8.02. The fourth-order valence-electron chi connectivity index (χ4n) is 1.92. The molecule has 0 aromatic heterocycles. The Hall–Kier alpha value is -1.76. The van der Waals surface area contributed by atoms with Gasteiger partial charge in [0.05, 0.1) is 19.6 Å². The molecule has 1 amide bonds. The van der Waals surface area contributed by atoms with Crippen LogP contribution in [0.3, 0.4) is 0 Å². The van der Waals surface area contributed by atoms with Crippen LogP contribution in [0.1, 0.15) is 32.8 Å². The van der Waals surface area contributed by atoms with Crippen molar-refractivity contribution in [1.82, 2.24) is 5.32 Å². The maximum absolute atomic E-state index is 11.9. The fraction of sp³-hybridized carbons (Fsp3) is 0.529. The zero-order valence-corrected chi connectivity index (χ0v) is 15.9. The van der Waals surface area contributed by atoms with E-state index in [4.69, 9.17) is 14.2 Å². The van der Waals surface area contributed by atoms with Crippen molar-refractivity contribution in [2.45, 2.75) is 33.6 Å². The molecule has 7 heteroatoms. The number of nitrogens with one attached hydrogen (secondary N) is 1. The second-order valence-corrected chi connectivity index (χ2v) is 5.80. The Morgan fingerprint density at radius 2 is 1.71 bits per heavy atom. The number of amides is 1. The van der Waals surface area contributed by atoms with Crippen molar-refractivity contribution in [2.24, 2.45) is 0 Å². The smallest absolute Gasteiger partial charge is 0.310 e. The summed E-state index contributed by atoms with van der Waals surface area (Å²) in [5.41, 5.74) is 0.709. The lowest BCUT2D eigenvalue weighted by Crippen LogP contribution is -2.29. The van der Waals surface area contributed by atoms with Crippen LogP contribution in [0.15, 0.2) is 16.6 Å². The number of esters is 1. The number of benzene rings is 1. The molecule has 0 saturated heterocycles. The molecular formula is C17H24BrNO5. The molecule has 1 N–H and O–H groups in total. The van der Waals surface area contributed by atoms with Crippen LogP contribution in [-0.2, 0) is 20.7 Å². The van der Waals surface area contributed by atoms with E-state index >= 15 is 0 Å². The standard InChI is InChI=1S/C17H24BrNO5/c1-4-7-19-16(20)11-24-17(21)9-12-8-14(22-5-2)15(23-6-3)10-13(12)18/h8,10H,4-7,9,11H2,1-3H3,(H,19,20). The molecular weight excluding hydrogens is 378 g/mol. The average molecular weight is 402 g/mol. The minimum absolute atomic E-state index is 0.0358. The lowest BCUT2D eigenvalue weighted by molar-refractivity contribution is -0.147. The van der Waals surface area contributed by atoms with Crippen molar-refractivity contribution in [3.05, 3.63) is 22.2 Å². The average Bonchev–Trinajstić information content (AvgIpc) is 2.55. The van der Waals surface area contributed by atoms with Crippen LogP contribution >= 0.6 is 15.9 Å². The minimum atomic E-state index is -0.478. The van der Waals surface area contributed by atoms with Gasteiger partial charge in [-0.3, -0.25) is 9.59 Å². The highest BCUT2D eigenvalue weighted by Crippen LogP contribution is 2.34. The number of rotatable bonds is 10. The van der Waals surface area contributed by atoms with E-state index in [1.165, 1.54) is 0 Å². The van der Waals surface area contributed by atoms with E-state index in [1.807, 2.05) is 20.8 Å². The first-order chi connectivity index (χ1) is 11.5. The van der Waals surface area contributed by atoms with Gasteiger partial charge in [-0.25, -0.2) is 0 Å². The highest BCUT2D eigenvalue weighted by Gasteiger charge is 2.15. The highest BCUT2D eigenvalue weighted by molar-refractivity contribution is 9.10. The summed E-state index contributed by atoms with van der Waals surface area (Å²) in [5, 5.41) is 2.65. The number of carbonyl (C=O) groups excluding carboxylic acids is 2. The Labute approximate surface area is 151 Å². The SMILES string of the molecule is CCCNC(=O)COC(=O)Cc1cc(OCC)c(OCC)cc1Br. The molecule has 134 valence electrons. The summed E-state index contributed by atoms with van der Waals surface area (Å²) in [7, 11) is 0. The van der Waals surface area contributed by atoms with Crippen LogP contribution in [0.5, 0.6) is 11.5 Å². The maximum atomic E-state index is 11.9. The Balaban J connectivity index is 2.70. The molecule has 0 aliphatic carbocycles. The minimum Gasteiger partial charge on any atom is -0.490 e. The number of hydrogen-bond acceptors (Lipinski definition) is 5. The largest absolute Gasteiger partial charge is 0.490 e. The van der Waals surface area contributed by atoms with Crippen molar-refractivity contribution >= 4 is 27.8 Å². The first kappa shape index (κ1) is 20.3. The molecule has 1 aromatic carbocycles. The monoisotopic (exact) mass is 401 g/mol. The summed E-state index contributed by atoms with van der Waals surface area (Å²) in [6, 6.07) is 3.52. The lowest BCUT2D eigenvalue weighted by atomic mass is 10.1. The topological polar surface area (TPSA) is 73.9 Å². The second kappa shape index (κ2) is 10.9. The summed E-state index contributed by atoms with van der Waals surface area (Å²) in [6.45, 7) is 7.01. The van der Waals surface area contributed by atoms with E-state index in [0.717, 1.165) is 10.9 Å². The normalized spacial score (nSPS) is 10.2. The zero-order chi connectivity index (χ0) is 17.9. The molecule has 0 bridgehead atoms. The van der Waals surface area contributed by atoms with E-state index in [-0.39, 0.29) is 18.9 Å². The zero-order valence-electron chi connectivity index (χ0n) is 14.3.